The zero-order chi connectivity index (χ0) is 14.8. The lowest BCUT2D eigenvalue weighted by Crippen LogP contribution is -2.38. The van der Waals surface area contributed by atoms with Gasteiger partial charge in [0.25, 0.3) is 0 Å². The fourth-order valence-electron chi connectivity index (χ4n) is 3.82. The number of ether oxygens (including phenoxy) is 1. The highest BCUT2D eigenvalue weighted by Gasteiger charge is 2.38. The molecule has 0 amide bonds. The van der Waals surface area contributed by atoms with E-state index in [0.717, 1.165) is 25.1 Å². The Bertz CT molecular complexity index is 483. The smallest absolute Gasteiger partial charge is 0.387 e. The van der Waals surface area contributed by atoms with Gasteiger partial charge in [-0.25, -0.2) is 0 Å². The third kappa shape index (κ3) is 3.35. The van der Waals surface area contributed by atoms with Crippen LogP contribution in [-0.2, 0) is 6.54 Å². The highest BCUT2D eigenvalue weighted by Crippen LogP contribution is 2.36. The summed E-state index contributed by atoms with van der Waals surface area (Å²) in [5, 5.41) is 0. The second-order valence-corrected chi connectivity index (χ2v) is 6.20. The average Bonchev–Trinajstić information content (AvgIpc) is 2.84. The molecule has 3 rings (SSSR count). The Morgan fingerprint density at radius 3 is 2.81 bits per heavy atom. The molecule has 3 atom stereocenters. The minimum atomic E-state index is -2.78. The van der Waals surface area contributed by atoms with E-state index in [0.29, 0.717) is 24.4 Å². The molecule has 3 unspecified atom stereocenters. The number of benzene rings is 1. The van der Waals surface area contributed by atoms with Crippen LogP contribution in [0.1, 0.15) is 24.8 Å². The van der Waals surface area contributed by atoms with Crippen molar-refractivity contribution < 1.29 is 13.5 Å². The number of fused-ring (bicyclic) bond motifs is 1. The number of halogens is 2. The van der Waals surface area contributed by atoms with E-state index < -0.39 is 6.61 Å². The van der Waals surface area contributed by atoms with E-state index in [1.54, 1.807) is 12.1 Å². The highest BCUT2D eigenvalue weighted by atomic mass is 19.3. The quantitative estimate of drug-likeness (QED) is 0.928. The predicted molar refractivity (Wildman–Crippen MR) is 77.2 cm³/mol. The minimum absolute atomic E-state index is 0.284. The monoisotopic (exact) mass is 296 g/mol. The lowest BCUT2D eigenvalue weighted by atomic mass is 9.78. The Balaban J connectivity index is 1.67. The fraction of sp³-hybridized carbons (Fsp3) is 0.625. The van der Waals surface area contributed by atoms with Crippen LogP contribution in [0.2, 0.25) is 0 Å². The van der Waals surface area contributed by atoms with Crippen LogP contribution in [0.4, 0.5) is 8.78 Å². The maximum absolute atomic E-state index is 12.5. The summed E-state index contributed by atoms with van der Waals surface area (Å²) in [4.78, 5) is 2.33. The van der Waals surface area contributed by atoms with Gasteiger partial charge in [-0.2, -0.15) is 8.78 Å². The summed E-state index contributed by atoms with van der Waals surface area (Å²) < 4.78 is 29.5. The van der Waals surface area contributed by atoms with E-state index >= 15 is 0 Å². The number of hydrogen-bond acceptors (Lipinski definition) is 3. The first-order chi connectivity index (χ1) is 10.1. The molecule has 1 aliphatic carbocycles. The highest BCUT2D eigenvalue weighted by molar-refractivity contribution is 5.33. The summed E-state index contributed by atoms with van der Waals surface area (Å²) in [5.74, 6) is 1.51. The number of alkyl halides is 2. The van der Waals surface area contributed by atoms with Crippen LogP contribution >= 0.6 is 0 Å². The third-order valence-corrected chi connectivity index (χ3v) is 4.81. The molecule has 1 heterocycles. The van der Waals surface area contributed by atoms with Crippen molar-refractivity contribution in [1.29, 1.82) is 0 Å². The van der Waals surface area contributed by atoms with Gasteiger partial charge in [0.1, 0.15) is 5.75 Å². The third-order valence-electron chi connectivity index (χ3n) is 4.81. The zero-order valence-electron chi connectivity index (χ0n) is 12.1. The Hall–Kier alpha value is -1.20. The molecule has 1 aromatic carbocycles. The number of rotatable bonds is 4. The van der Waals surface area contributed by atoms with Gasteiger partial charge in [0.2, 0.25) is 0 Å². The number of hydrogen-bond donors (Lipinski definition) is 1. The molecular weight excluding hydrogens is 274 g/mol. The molecule has 0 aromatic heterocycles. The molecule has 21 heavy (non-hydrogen) atoms. The van der Waals surface area contributed by atoms with Gasteiger partial charge in [-0.1, -0.05) is 24.6 Å². The van der Waals surface area contributed by atoms with E-state index in [-0.39, 0.29) is 5.75 Å². The minimum Gasteiger partial charge on any atom is -0.434 e. The van der Waals surface area contributed by atoms with E-state index in [9.17, 15) is 8.78 Å². The van der Waals surface area contributed by atoms with Crippen molar-refractivity contribution in [3.8, 4) is 5.75 Å². The number of likely N-dealkylation sites (tertiary alicyclic amines) is 1. The largest absolute Gasteiger partial charge is 0.434 e. The Kier molecular flexibility index (Phi) is 4.40. The van der Waals surface area contributed by atoms with E-state index in [1.165, 1.54) is 12.8 Å². The first kappa shape index (κ1) is 14.7. The Labute approximate surface area is 124 Å². The van der Waals surface area contributed by atoms with Crippen molar-refractivity contribution in [2.75, 3.05) is 13.1 Å². The van der Waals surface area contributed by atoms with Gasteiger partial charge in [0.05, 0.1) is 0 Å². The normalized spacial score (nSPS) is 29.6. The van der Waals surface area contributed by atoms with Crippen LogP contribution in [0.5, 0.6) is 5.75 Å². The van der Waals surface area contributed by atoms with Gasteiger partial charge < -0.3 is 10.5 Å². The summed E-state index contributed by atoms with van der Waals surface area (Å²) >= 11 is 0. The first-order valence-corrected chi connectivity index (χ1v) is 7.64. The topological polar surface area (TPSA) is 38.5 Å². The molecule has 1 saturated carbocycles. The van der Waals surface area contributed by atoms with Crippen LogP contribution < -0.4 is 10.5 Å². The van der Waals surface area contributed by atoms with Crippen molar-refractivity contribution in [3.63, 3.8) is 0 Å². The van der Waals surface area contributed by atoms with Gasteiger partial charge in [-0.3, -0.25) is 4.90 Å². The maximum atomic E-state index is 12.5. The van der Waals surface area contributed by atoms with Gasteiger partial charge in [0.15, 0.2) is 0 Å². The van der Waals surface area contributed by atoms with Crippen molar-refractivity contribution in [2.24, 2.45) is 17.6 Å². The Morgan fingerprint density at radius 2 is 2.05 bits per heavy atom. The first-order valence-electron chi connectivity index (χ1n) is 7.64. The van der Waals surface area contributed by atoms with Gasteiger partial charge in [-0.05, 0) is 30.7 Å². The maximum Gasteiger partial charge on any atom is 0.387 e. The van der Waals surface area contributed by atoms with Gasteiger partial charge in [0, 0.05) is 31.2 Å². The van der Waals surface area contributed by atoms with Gasteiger partial charge in [-0.15, -0.1) is 0 Å². The van der Waals surface area contributed by atoms with Crippen LogP contribution in [0, 0.1) is 11.8 Å². The van der Waals surface area contributed by atoms with E-state index in [4.69, 9.17) is 5.73 Å². The molecule has 2 N–H and O–H groups in total. The summed E-state index contributed by atoms with van der Waals surface area (Å²) in [6, 6.07) is 7.35. The SMILES string of the molecule is NC1CCCC2CN(Cc3ccccc3OC(F)F)CC12. The molecule has 2 fully saturated rings. The molecule has 0 radical (unpaired) electrons. The second kappa shape index (κ2) is 6.28. The predicted octanol–water partition coefficient (Wildman–Crippen LogP) is 2.85. The molecular formula is C16H22F2N2O. The number of nitrogens with zero attached hydrogens (tertiary/aromatic N) is 1. The molecule has 0 bridgehead atoms. The van der Waals surface area contributed by atoms with E-state index in [2.05, 4.69) is 9.64 Å². The van der Waals surface area contributed by atoms with Crippen LogP contribution in [0.15, 0.2) is 24.3 Å². The average molecular weight is 296 g/mol. The number of para-hydroxylation sites is 1. The molecule has 0 spiro atoms. The molecule has 1 aromatic rings. The van der Waals surface area contributed by atoms with Crippen molar-refractivity contribution >= 4 is 0 Å². The molecule has 5 heteroatoms. The zero-order valence-corrected chi connectivity index (χ0v) is 12.1. The van der Waals surface area contributed by atoms with Crippen LogP contribution in [-0.4, -0.2) is 30.6 Å². The summed E-state index contributed by atoms with van der Waals surface area (Å²) in [7, 11) is 0. The fourth-order valence-corrected chi connectivity index (χ4v) is 3.82. The van der Waals surface area contributed by atoms with Crippen LogP contribution in [0.3, 0.4) is 0 Å². The number of nitrogens with two attached hydrogens (primary N) is 1. The summed E-state index contributed by atoms with van der Waals surface area (Å²) in [6.07, 6.45) is 3.56. The van der Waals surface area contributed by atoms with E-state index in [1.807, 2.05) is 12.1 Å². The molecule has 2 aliphatic rings. The van der Waals surface area contributed by atoms with Crippen LogP contribution in [0.25, 0.3) is 0 Å². The Morgan fingerprint density at radius 1 is 1.24 bits per heavy atom. The second-order valence-electron chi connectivity index (χ2n) is 6.20. The molecule has 1 saturated heterocycles. The van der Waals surface area contributed by atoms with Gasteiger partial charge >= 0.3 is 6.61 Å². The lowest BCUT2D eigenvalue weighted by molar-refractivity contribution is -0.0507. The lowest BCUT2D eigenvalue weighted by Gasteiger charge is -2.29. The van der Waals surface area contributed by atoms with Crippen molar-refractivity contribution in [2.45, 2.75) is 38.5 Å². The molecule has 1 aliphatic heterocycles. The molecule has 116 valence electrons. The standard InChI is InChI=1S/C16H22F2N2O/c17-16(18)21-15-7-2-1-4-12(15)9-20-8-11-5-3-6-14(19)13(11)10-20/h1-2,4,7,11,13-14,16H,3,5-6,8-10,19H2. The van der Waals surface area contributed by atoms with Crippen molar-refractivity contribution in [1.82, 2.24) is 4.90 Å². The summed E-state index contributed by atoms with van der Waals surface area (Å²) in [6.45, 7) is -0.139. The molecule has 3 nitrogen and oxygen atoms in total. The van der Waals surface area contributed by atoms with Crippen molar-refractivity contribution in [3.05, 3.63) is 29.8 Å². The summed E-state index contributed by atoms with van der Waals surface area (Å²) in [5.41, 5.74) is 7.04.